The van der Waals surface area contributed by atoms with Crippen molar-refractivity contribution < 1.29 is 17.5 Å². The number of nitro groups is 1. The van der Waals surface area contributed by atoms with Gasteiger partial charge >= 0.3 is 0 Å². The summed E-state index contributed by atoms with van der Waals surface area (Å²) in [7, 11) is -4.03. The highest BCUT2D eigenvalue weighted by atomic mass is 79.9. The highest BCUT2D eigenvalue weighted by Gasteiger charge is 2.25. The molecule has 0 atom stereocenters. The molecule has 8 heteroatoms. The van der Waals surface area contributed by atoms with Gasteiger partial charge in [0.2, 0.25) is 0 Å². The van der Waals surface area contributed by atoms with Crippen LogP contribution < -0.4 is 0 Å². The summed E-state index contributed by atoms with van der Waals surface area (Å²) in [6, 6.07) is 3.69. The standard InChI is InChI=1S/C12H16BrNO5S/c1-12(2,3)8-19-20(17,18)11-6-10(14(15)16)5-4-9(11)7-13/h4-6H,7-8H2,1-3H3. The normalized spacial score (nSPS) is 12.4. The molecule has 0 aliphatic rings. The van der Waals surface area contributed by atoms with Gasteiger partial charge in [0.05, 0.1) is 11.5 Å². The van der Waals surface area contributed by atoms with E-state index in [-0.39, 0.29) is 27.9 Å². The molecule has 0 radical (unpaired) electrons. The van der Waals surface area contributed by atoms with E-state index in [2.05, 4.69) is 15.9 Å². The van der Waals surface area contributed by atoms with E-state index in [9.17, 15) is 18.5 Å². The minimum absolute atomic E-state index is 0.000247. The molecular formula is C12H16BrNO5S. The fourth-order valence-electron chi connectivity index (χ4n) is 1.32. The van der Waals surface area contributed by atoms with Crippen LogP contribution in [0.5, 0.6) is 0 Å². The Morgan fingerprint density at radius 1 is 1.35 bits per heavy atom. The van der Waals surface area contributed by atoms with Crippen LogP contribution in [0.15, 0.2) is 23.1 Å². The first-order valence-electron chi connectivity index (χ1n) is 5.79. The number of nitro benzene ring substituents is 1. The van der Waals surface area contributed by atoms with E-state index in [0.29, 0.717) is 5.56 Å². The van der Waals surface area contributed by atoms with Crippen LogP contribution >= 0.6 is 15.9 Å². The molecule has 0 aromatic heterocycles. The lowest BCUT2D eigenvalue weighted by atomic mass is 9.99. The maximum absolute atomic E-state index is 12.2. The van der Waals surface area contributed by atoms with Gasteiger partial charge in [0.25, 0.3) is 15.8 Å². The molecule has 112 valence electrons. The second-order valence-corrected chi connectivity index (χ2v) is 7.60. The molecular weight excluding hydrogens is 350 g/mol. The number of halogens is 1. The average Bonchev–Trinajstić information content (AvgIpc) is 2.35. The quantitative estimate of drug-likeness (QED) is 0.346. The lowest BCUT2D eigenvalue weighted by Gasteiger charge is -2.18. The molecule has 1 rings (SSSR count). The summed E-state index contributed by atoms with van der Waals surface area (Å²) >= 11 is 3.16. The number of nitrogens with zero attached hydrogens (tertiary/aromatic N) is 1. The fraction of sp³-hybridized carbons (Fsp3) is 0.500. The third-order valence-corrected chi connectivity index (χ3v) is 4.27. The summed E-state index contributed by atoms with van der Waals surface area (Å²) in [5.41, 5.74) is -0.195. The summed E-state index contributed by atoms with van der Waals surface area (Å²) in [6.07, 6.45) is 0. The fourth-order valence-corrected chi connectivity index (χ4v) is 3.35. The van der Waals surface area contributed by atoms with E-state index in [1.165, 1.54) is 12.1 Å². The molecule has 0 saturated carbocycles. The van der Waals surface area contributed by atoms with Crippen molar-refractivity contribution in [2.75, 3.05) is 6.61 Å². The van der Waals surface area contributed by atoms with Crippen molar-refractivity contribution >= 4 is 31.7 Å². The summed E-state index contributed by atoms with van der Waals surface area (Å²) in [5, 5.41) is 11.0. The van der Waals surface area contributed by atoms with Gasteiger partial charge in [0.1, 0.15) is 4.90 Å². The number of hydrogen-bond acceptors (Lipinski definition) is 5. The van der Waals surface area contributed by atoms with E-state index in [4.69, 9.17) is 4.18 Å². The molecule has 0 unspecified atom stereocenters. The van der Waals surface area contributed by atoms with Gasteiger partial charge in [-0.15, -0.1) is 0 Å². The number of rotatable bonds is 5. The van der Waals surface area contributed by atoms with E-state index >= 15 is 0 Å². The summed E-state index contributed by atoms with van der Waals surface area (Å²) in [5.74, 6) is 0. The molecule has 0 aliphatic carbocycles. The van der Waals surface area contributed by atoms with Crippen LogP contribution in [0.1, 0.15) is 26.3 Å². The zero-order valence-corrected chi connectivity index (χ0v) is 13.8. The maximum Gasteiger partial charge on any atom is 0.297 e. The van der Waals surface area contributed by atoms with E-state index < -0.39 is 15.0 Å². The Labute approximate surface area is 126 Å². The topological polar surface area (TPSA) is 86.5 Å². The highest BCUT2D eigenvalue weighted by Crippen LogP contribution is 2.27. The van der Waals surface area contributed by atoms with Crippen LogP contribution in [0.3, 0.4) is 0 Å². The largest absolute Gasteiger partial charge is 0.297 e. The molecule has 0 fully saturated rings. The number of non-ortho nitro benzene ring substituents is 1. The van der Waals surface area contributed by atoms with Crippen molar-refractivity contribution in [2.45, 2.75) is 31.0 Å². The molecule has 0 spiro atoms. The van der Waals surface area contributed by atoms with Crippen molar-refractivity contribution in [3.8, 4) is 0 Å². The van der Waals surface area contributed by atoms with E-state index in [1.807, 2.05) is 20.8 Å². The van der Waals surface area contributed by atoms with Crippen LogP contribution in [0.25, 0.3) is 0 Å². The highest BCUT2D eigenvalue weighted by molar-refractivity contribution is 9.08. The first kappa shape index (κ1) is 17.1. The van der Waals surface area contributed by atoms with Crippen molar-refractivity contribution in [3.63, 3.8) is 0 Å². The molecule has 0 heterocycles. The summed E-state index contributed by atoms with van der Waals surface area (Å²) in [4.78, 5) is 9.94. The molecule has 0 aliphatic heterocycles. The van der Waals surface area contributed by atoms with Gasteiger partial charge in [-0.05, 0) is 17.0 Å². The number of alkyl halides is 1. The average molecular weight is 366 g/mol. The molecule has 0 amide bonds. The van der Waals surface area contributed by atoms with Gasteiger partial charge in [0, 0.05) is 17.5 Å². The third kappa shape index (κ3) is 4.53. The smallest absolute Gasteiger partial charge is 0.266 e. The van der Waals surface area contributed by atoms with Gasteiger partial charge in [0.15, 0.2) is 0 Å². The minimum Gasteiger partial charge on any atom is -0.266 e. The maximum atomic E-state index is 12.2. The molecule has 1 aromatic carbocycles. The predicted octanol–water partition coefficient (Wildman–Crippen LogP) is 3.24. The first-order valence-corrected chi connectivity index (χ1v) is 8.32. The van der Waals surface area contributed by atoms with Crippen LogP contribution in [0.4, 0.5) is 5.69 Å². The van der Waals surface area contributed by atoms with Crippen LogP contribution in [0.2, 0.25) is 0 Å². The SMILES string of the molecule is CC(C)(C)COS(=O)(=O)c1cc([N+](=O)[O-])ccc1CBr. The van der Waals surface area contributed by atoms with Crippen molar-refractivity contribution in [3.05, 3.63) is 33.9 Å². The van der Waals surface area contributed by atoms with Crippen LogP contribution in [0, 0.1) is 15.5 Å². The van der Waals surface area contributed by atoms with Crippen molar-refractivity contribution in [1.29, 1.82) is 0 Å². The second kappa shape index (κ2) is 6.19. The minimum atomic E-state index is -4.03. The van der Waals surface area contributed by atoms with E-state index in [1.54, 1.807) is 0 Å². The Morgan fingerprint density at radius 2 is 1.95 bits per heavy atom. The van der Waals surface area contributed by atoms with Gasteiger partial charge in [-0.3, -0.25) is 14.3 Å². The predicted molar refractivity (Wildman–Crippen MR) is 78.3 cm³/mol. The van der Waals surface area contributed by atoms with Crippen LogP contribution in [-0.2, 0) is 19.6 Å². The Bertz CT molecular complexity index is 607. The van der Waals surface area contributed by atoms with Crippen LogP contribution in [-0.4, -0.2) is 19.9 Å². The molecule has 1 aromatic rings. The molecule has 0 N–H and O–H groups in total. The molecule has 0 bridgehead atoms. The summed E-state index contributed by atoms with van der Waals surface area (Å²) in [6.45, 7) is 5.50. The monoisotopic (exact) mass is 365 g/mol. The number of hydrogen-bond donors (Lipinski definition) is 0. The Hall–Kier alpha value is -0.990. The lowest BCUT2D eigenvalue weighted by Crippen LogP contribution is -2.19. The Morgan fingerprint density at radius 3 is 2.40 bits per heavy atom. The van der Waals surface area contributed by atoms with Crippen molar-refractivity contribution in [2.24, 2.45) is 5.41 Å². The zero-order chi connectivity index (χ0) is 15.6. The Kier molecular flexibility index (Phi) is 5.28. The molecule has 0 saturated heterocycles. The van der Waals surface area contributed by atoms with Gasteiger partial charge in [-0.1, -0.05) is 36.7 Å². The summed E-state index contributed by atoms with van der Waals surface area (Å²) < 4.78 is 29.3. The van der Waals surface area contributed by atoms with Gasteiger partial charge in [-0.25, -0.2) is 0 Å². The lowest BCUT2D eigenvalue weighted by molar-refractivity contribution is -0.385. The third-order valence-electron chi connectivity index (χ3n) is 2.32. The number of benzene rings is 1. The van der Waals surface area contributed by atoms with Gasteiger partial charge in [-0.2, -0.15) is 8.42 Å². The molecule has 6 nitrogen and oxygen atoms in total. The second-order valence-electron chi connectivity index (χ2n) is 5.46. The van der Waals surface area contributed by atoms with Crippen molar-refractivity contribution in [1.82, 2.24) is 0 Å². The Balaban J connectivity index is 3.21. The zero-order valence-electron chi connectivity index (χ0n) is 11.4. The first-order chi connectivity index (χ1) is 9.07. The van der Waals surface area contributed by atoms with E-state index in [0.717, 1.165) is 6.07 Å². The van der Waals surface area contributed by atoms with Gasteiger partial charge < -0.3 is 0 Å². The molecule has 20 heavy (non-hydrogen) atoms.